The van der Waals surface area contributed by atoms with Crippen LogP contribution in [0.3, 0.4) is 0 Å². The molecule has 0 spiro atoms. The third kappa shape index (κ3) is 2.53. The maximum atomic E-state index is 11.3. The summed E-state index contributed by atoms with van der Waals surface area (Å²) in [4.78, 5) is 20.7. The van der Waals surface area contributed by atoms with Crippen molar-refractivity contribution in [3.05, 3.63) is 57.7 Å². The van der Waals surface area contributed by atoms with Gasteiger partial charge in [0.05, 0.1) is 11.0 Å². The molecule has 20 heavy (non-hydrogen) atoms. The summed E-state index contributed by atoms with van der Waals surface area (Å²) >= 11 is 5.86. The van der Waals surface area contributed by atoms with Gasteiger partial charge in [-0.25, -0.2) is 9.78 Å². The largest absolute Gasteiger partial charge is 0.378 e. The van der Waals surface area contributed by atoms with E-state index in [1.165, 1.54) is 0 Å². The Bertz CT molecular complexity index is 808. The van der Waals surface area contributed by atoms with E-state index in [1.807, 2.05) is 31.2 Å². The van der Waals surface area contributed by atoms with Gasteiger partial charge in [-0.2, -0.15) is 0 Å². The third-order valence-electron chi connectivity index (χ3n) is 3.15. The Morgan fingerprint density at radius 3 is 2.80 bits per heavy atom. The lowest BCUT2D eigenvalue weighted by molar-refractivity contribution is 0.885. The van der Waals surface area contributed by atoms with E-state index < -0.39 is 0 Å². The van der Waals surface area contributed by atoms with Gasteiger partial charge in [0.15, 0.2) is 0 Å². The Labute approximate surface area is 120 Å². The van der Waals surface area contributed by atoms with E-state index in [0.29, 0.717) is 5.15 Å². The Balaban J connectivity index is 1.88. The van der Waals surface area contributed by atoms with E-state index in [4.69, 9.17) is 11.6 Å². The molecule has 1 atom stereocenters. The average molecular weight is 289 g/mol. The van der Waals surface area contributed by atoms with E-state index >= 15 is 0 Å². The number of nitrogens with zero attached hydrogens (tertiary/aromatic N) is 1. The molecule has 0 aliphatic carbocycles. The lowest BCUT2D eigenvalue weighted by atomic mass is 10.1. The molecule has 0 amide bonds. The van der Waals surface area contributed by atoms with Crippen molar-refractivity contribution in [1.82, 2.24) is 15.0 Å². The summed E-state index contributed by atoms with van der Waals surface area (Å²) in [7, 11) is 0. The van der Waals surface area contributed by atoms with Crippen LogP contribution >= 0.6 is 11.6 Å². The van der Waals surface area contributed by atoms with Gasteiger partial charge >= 0.3 is 5.69 Å². The molecule has 3 rings (SSSR count). The van der Waals surface area contributed by atoms with Crippen molar-refractivity contribution >= 4 is 28.3 Å². The lowest BCUT2D eigenvalue weighted by Gasteiger charge is -2.15. The number of H-pyrrole nitrogens is 2. The Morgan fingerprint density at radius 1 is 1.20 bits per heavy atom. The maximum Gasteiger partial charge on any atom is 0.323 e. The van der Waals surface area contributed by atoms with E-state index in [-0.39, 0.29) is 11.7 Å². The number of aromatic nitrogens is 3. The minimum absolute atomic E-state index is 0.0799. The van der Waals surface area contributed by atoms with Gasteiger partial charge < -0.3 is 15.3 Å². The molecule has 3 N–H and O–H groups in total. The molecule has 0 radical (unpaired) electrons. The van der Waals surface area contributed by atoms with Gasteiger partial charge in [-0.3, -0.25) is 0 Å². The predicted octanol–water partition coefficient (Wildman–Crippen LogP) is 3.08. The van der Waals surface area contributed by atoms with Gasteiger partial charge in [-0.1, -0.05) is 17.7 Å². The van der Waals surface area contributed by atoms with Crippen LogP contribution in [0.5, 0.6) is 0 Å². The topological polar surface area (TPSA) is 73.6 Å². The molecule has 0 aliphatic heterocycles. The fraction of sp³-hybridized carbons (Fsp3) is 0.143. The summed E-state index contributed by atoms with van der Waals surface area (Å²) in [5.74, 6) is 0. The number of hydrogen-bond donors (Lipinski definition) is 3. The molecule has 3 aromatic rings. The van der Waals surface area contributed by atoms with Gasteiger partial charge in [0, 0.05) is 17.9 Å². The second-order valence-corrected chi connectivity index (χ2v) is 5.00. The van der Waals surface area contributed by atoms with E-state index in [9.17, 15) is 4.79 Å². The van der Waals surface area contributed by atoms with Crippen LogP contribution in [-0.4, -0.2) is 15.0 Å². The summed E-state index contributed by atoms with van der Waals surface area (Å²) in [6.45, 7) is 2.04. The minimum Gasteiger partial charge on any atom is -0.378 e. The molecule has 6 heteroatoms. The van der Waals surface area contributed by atoms with Crippen molar-refractivity contribution < 1.29 is 0 Å². The maximum absolute atomic E-state index is 11.3. The number of fused-ring (bicyclic) bond motifs is 1. The molecule has 1 unspecified atom stereocenters. The number of hydrogen-bond acceptors (Lipinski definition) is 3. The van der Waals surface area contributed by atoms with Crippen molar-refractivity contribution in [2.24, 2.45) is 0 Å². The molecule has 0 aliphatic rings. The first-order valence-corrected chi connectivity index (χ1v) is 6.59. The van der Waals surface area contributed by atoms with Crippen molar-refractivity contribution in [1.29, 1.82) is 0 Å². The average Bonchev–Trinajstić information content (AvgIpc) is 2.77. The highest BCUT2D eigenvalue weighted by Crippen LogP contribution is 2.22. The lowest BCUT2D eigenvalue weighted by Crippen LogP contribution is -2.06. The fourth-order valence-electron chi connectivity index (χ4n) is 2.15. The second-order valence-electron chi connectivity index (χ2n) is 4.62. The van der Waals surface area contributed by atoms with Crippen LogP contribution in [0.2, 0.25) is 5.15 Å². The molecule has 0 bridgehead atoms. The number of nitrogens with one attached hydrogen (secondary N) is 3. The van der Waals surface area contributed by atoms with Crippen molar-refractivity contribution in [2.45, 2.75) is 13.0 Å². The van der Waals surface area contributed by atoms with Crippen LogP contribution in [0, 0.1) is 0 Å². The van der Waals surface area contributed by atoms with Gasteiger partial charge in [-0.05, 0) is 36.8 Å². The van der Waals surface area contributed by atoms with E-state index in [0.717, 1.165) is 22.3 Å². The van der Waals surface area contributed by atoms with Crippen molar-refractivity contribution in [3.63, 3.8) is 0 Å². The van der Waals surface area contributed by atoms with Crippen LogP contribution in [-0.2, 0) is 0 Å². The van der Waals surface area contributed by atoms with Crippen LogP contribution in [0.4, 0.5) is 5.69 Å². The summed E-state index contributed by atoms with van der Waals surface area (Å²) in [5.41, 5.74) is 3.38. The molecular formula is C14H13ClN4O. The number of aromatic amines is 2. The zero-order valence-electron chi connectivity index (χ0n) is 10.8. The monoisotopic (exact) mass is 288 g/mol. The van der Waals surface area contributed by atoms with Crippen LogP contribution < -0.4 is 11.0 Å². The van der Waals surface area contributed by atoms with Gasteiger partial charge in [0.1, 0.15) is 5.15 Å². The number of anilines is 1. The van der Waals surface area contributed by atoms with E-state index in [1.54, 1.807) is 12.3 Å². The summed E-state index contributed by atoms with van der Waals surface area (Å²) in [6, 6.07) is 9.53. The Morgan fingerprint density at radius 2 is 2.00 bits per heavy atom. The first kappa shape index (κ1) is 12.7. The highest BCUT2D eigenvalue weighted by Gasteiger charge is 2.08. The molecule has 0 saturated carbocycles. The zero-order chi connectivity index (χ0) is 14.1. The quantitative estimate of drug-likeness (QED) is 0.649. The summed E-state index contributed by atoms with van der Waals surface area (Å²) < 4.78 is 0. The number of halogens is 1. The fourth-order valence-corrected chi connectivity index (χ4v) is 2.32. The molecule has 0 fully saturated rings. The smallest absolute Gasteiger partial charge is 0.323 e. The molecule has 0 saturated heterocycles. The van der Waals surface area contributed by atoms with Crippen molar-refractivity contribution in [3.8, 4) is 0 Å². The molecule has 5 nitrogen and oxygen atoms in total. The highest BCUT2D eigenvalue weighted by atomic mass is 35.5. The van der Waals surface area contributed by atoms with Crippen molar-refractivity contribution in [2.75, 3.05) is 5.32 Å². The SMILES string of the molecule is CC(Nc1ccnc(Cl)c1)c1ccc2[nH]c(=O)[nH]c2c1. The number of pyridine rings is 1. The predicted molar refractivity (Wildman–Crippen MR) is 80.2 cm³/mol. The zero-order valence-corrected chi connectivity index (χ0v) is 11.5. The normalized spacial score (nSPS) is 12.5. The van der Waals surface area contributed by atoms with Crippen LogP contribution in [0.25, 0.3) is 11.0 Å². The number of rotatable bonds is 3. The molecule has 2 heterocycles. The second kappa shape index (κ2) is 5.02. The van der Waals surface area contributed by atoms with Crippen LogP contribution in [0.15, 0.2) is 41.3 Å². The molecule has 1 aromatic carbocycles. The minimum atomic E-state index is -0.196. The van der Waals surface area contributed by atoms with E-state index in [2.05, 4.69) is 20.3 Å². The standard InChI is InChI=1S/C14H13ClN4O/c1-8(17-10-4-5-16-13(15)7-10)9-2-3-11-12(6-9)19-14(20)18-11/h2-8H,1H3,(H,16,17)(H2,18,19,20). The molecular weight excluding hydrogens is 276 g/mol. The van der Waals surface area contributed by atoms with Gasteiger partial charge in [0.2, 0.25) is 0 Å². The molecule has 2 aromatic heterocycles. The Kier molecular flexibility index (Phi) is 3.20. The van der Waals surface area contributed by atoms with Gasteiger partial charge in [0.25, 0.3) is 0 Å². The first-order valence-electron chi connectivity index (χ1n) is 6.22. The number of benzene rings is 1. The number of imidazole rings is 1. The molecule has 102 valence electrons. The third-order valence-corrected chi connectivity index (χ3v) is 3.36. The Hall–Kier alpha value is -2.27. The highest BCUT2D eigenvalue weighted by molar-refractivity contribution is 6.29. The van der Waals surface area contributed by atoms with Crippen LogP contribution in [0.1, 0.15) is 18.5 Å². The summed E-state index contributed by atoms with van der Waals surface area (Å²) in [5, 5.41) is 3.80. The summed E-state index contributed by atoms with van der Waals surface area (Å²) in [6.07, 6.45) is 1.66. The van der Waals surface area contributed by atoms with Gasteiger partial charge in [-0.15, -0.1) is 0 Å². The first-order chi connectivity index (χ1) is 9.61.